The molecule has 3 aromatic rings. The molecule has 23 heavy (non-hydrogen) atoms. The predicted molar refractivity (Wildman–Crippen MR) is 83.3 cm³/mol. The Kier molecular flexibility index (Phi) is 3.69. The Morgan fingerprint density at radius 2 is 2.00 bits per heavy atom. The van der Waals surface area contributed by atoms with Crippen LogP contribution in [0, 0.1) is 6.92 Å². The maximum Gasteiger partial charge on any atom is 0.337 e. The summed E-state index contributed by atoms with van der Waals surface area (Å²) in [7, 11) is 1.33. The van der Waals surface area contributed by atoms with Crippen molar-refractivity contribution in [3.05, 3.63) is 45.9 Å². The number of aryl methyl sites for hydroxylation is 2. The summed E-state index contributed by atoms with van der Waals surface area (Å²) in [6.45, 7) is 3.99. The van der Waals surface area contributed by atoms with Gasteiger partial charge in [0.2, 0.25) is 0 Å². The van der Waals surface area contributed by atoms with Crippen molar-refractivity contribution in [2.75, 3.05) is 7.11 Å². The Morgan fingerprint density at radius 1 is 1.30 bits per heavy atom. The largest absolute Gasteiger partial charge is 0.465 e. The predicted octanol–water partition coefficient (Wildman–Crippen LogP) is 2.17. The third-order valence-electron chi connectivity index (χ3n) is 3.64. The van der Waals surface area contributed by atoms with Gasteiger partial charge in [0.15, 0.2) is 5.52 Å². The van der Waals surface area contributed by atoms with Crippen molar-refractivity contribution in [2.24, 2.45) is 0 Å². The van der Waals surface area contributed by atoms with E-state index in [-0.39, 0.29) is 11.1 Å². The van der Waals surface area contributed by atoms with Gasteiger partial charge in [-0.1, -0.05) is 17.3 Å². The molecule has 0 saturated heterocycles. The van der Waals surface area contributed by atoms with Gasteiger partial charge in [0.25, 0.3) is 5.56 Å². The smallest absolute Gasteiger partial charge is 0.337 e. The first-order valence-electron chi connectivity index (χ1n) is 7.12. The van der Waals surface area contributed by atoms with Crippen LogP contribution in [0.5, 0.6) is 0 Å². The summed E-state index contributed by atoms with van der Waals surface area (Å²) in [5, 5.41) is 8.84. The van der Waals surface area contributed by atoms with E-state index < -0.39 is 5.97 Å². The fourth-order valence-corrected chi connectivity index (χ4v) is 2.43. The van der Waals surface area contributed by atoms with Crippen molar-refractivity contribution in [1.29, 1.82) is 0 Å². The van der Waals surface area contributed by atoms with Gasteiger partial charge in [0.1, 0.15) is 11.5 Å². The average molecular weight is 313 g/mol. The van der Waals surface area contributed by atoms with Crippen LogP contribution in [0.15, 0.2) is 33.6 Å². The highest BCUT2D eigenvalue weighted by Crippen LogP contribution is 2.27. The van der Waals surface area contributed by atoms with Crippen LogP contribution in [0.3, 0.4) is 0 Å². The second-order valence-electron chi connectivity index (χ2n) is 5.00. The standard InChI is InChI=1S/C16H15N3O4/c1-4-19-15(20)14-12(9(2)23-18-14)13(17-19)10-5-7-11(8-6-10)16(21)22-3/h5-8H,4H2,1-3H3. The molecule has 0 aliphatic heterocycles. The first-order valence-corrected chi connectivity index (χ1v) is 7.12. The molecule has 0 spiro atoms. The quantitative estimate of drug-likeness (QED) is 0.689. The zero-order valence-corrected chi connectivity index (χ0v) is 13.0. The molecular weight excluding hydrogens is 298 g/mol. The molecule has 1 aromatic carbocycles. The van der Waals surface area contributed by atoms with Crippen molar-refractivity contribution >= 4 is 16.9 Å². The summed E-state index contributed by atoms with van der Waals surface area (Å²) >= 11 is 0. The normalized spacial score (nSPS) is 10.9. The van der Waals surface area contributed by atoms with Crippen molar-refractivity contribution < 1.29 is 14.1 Å². The van der Waals surface area contributed by atoms with E-state index in [1.54, 1.807) is 31.2 Å². The highest BCUT2D eigenvalue weighted by molar-refractivity contribution is 5.94. The fraction of sp³-hybridized carbons (Fsp3) is 0.250. The third-order valence-corrected chi connectivity index (χ3v) is 3.64. The molecule has 0 fully saturated rings. The molecule has 0 saturated carbocycles. The van der Waals surface area contributed by atoms with Gasteiger partial charge in [0, 0.05) is 12.1 Å². The summed E-state index contributed by atoms with van der Waals surface area (Å²) < 4.78 is 11.2. The number of rotatable bonds is 3. The molecule has 118 valence electrons. The van der Waals surface area contributed by atoms with Crippen LogP contribution < -0.4 is 5.56 Å². The van der Waals surface area contributed by atoms with Crippen molar-refractivity contribution in [1.82, 2.24) is 14.9 Å². The van der Waals surface area contributed by atoms with Crippen LogP contribution in [0.25, 0.3) is 22.2 Å². The lowest BCUT2D eigenvalue weighted by molar-refractivity contribution is 0.0601. The number of fused-ring (bicyclic) bond motifs is 1. The summed E-state index contributed by atoms with van der Waals surface area (Å²) in [5.74, 6) is 0.120. The van der Waals surface area contributed by atoms with Crippen LogP contribution in [-0.4, -0.2) is 28.0 Å². The number of hydrogen-bond donors (Lipinski definition) is 0. The number of hydrogen-bond acceptors (Lipinski definition) is 6. The SMILES string of the molecule is CCn1nc(-c2ccc(C(=O)OC)cc2)c2c(C)onc2c1=O. The molecule has 0 N–H and O–H groups in total. The van der Waals surface area contributed by atoms with Gasteiger partial charge in [-0.2, -0.15) is 5.10 Å². The first-order chi connectivity index (χ1) is 11.1. The molecule has 0 aliphatic carbocycles. The lowest BCUT2D eigenvalue weighted by Gasteiger charge is -2.07. The second-order valence-corrected chi connectivity index (χ2v) is 5.00. The Balaban J connectivity index is 2.23. The maximum atomic E-state index is 12.3. The van der Waals surface area contributed by atoms with E-state index in [0.717, 1.165) is 5.56 Å². The topological polar surface area (TPSA) is 87.2 Å². The molecule has 0 unspecified atom stereocenters. The van der Waals surface area contributed by atoms with E-state index in [4.69, 9.17) is 4.52 Å². The van der Waals surface area contributed by atoms with Crippen LogP contribution in [0.2, 0.25) is 0 Å². The number of benzene rings is 1. The van der Waals surface area contributed by atoms with Gasteiger partial charge in [-0.15, -0.1) is 0 Å². The number of esters is 1. The van der Waals surface area contributed by atoms with Gasteiger partial charge in [-0.05, 0) is 26.0 Å². The Bertz CT molecular complexity index is 938. The molecule has 0 aliphatic rings. The second kappa shape index (κ2) is 5.68. The highest BCUT2D eigenvalue weighted by Gasteiger charge is 2.18. The van der Waals surface area contributed by atoms with Gasteiger partial charge in [-0.3, -0.25) is 4.79 Å². The lowest BCUT2D eigenvalue weighted by Crippen LogP contribution is -2.23. The van der Waals surface area contributed by atoms with Crippen LogP contribution in [0.1, 0.15) is 23.0 Å². The minimum Gasteiger partial charge on any atom is -0.465 e. The third kappa shape index (κ3) is 2.40. The van der Waals surface area contributed by atoms with Gasteiger partial charge in [0.05, 0.1) is 18.1 Å². The number of carbonyl (C=O) groups is 1. The van der Waals surface area contributed by atoms with Crippen LogP contribution >= 0.6 is 0 Å². The number of methoxy groups -OCH3 is 1. The van der Waals surface area contributed by atoms with Gasteiger partial charge in [-0.25, -0.2) is 9.48 Å². The Labute approximate surface area is 131 Å². The van der Waals surface area contributed by atoms with Crippen molar-refractivity contribution in [3.8, 4) is 11.3 Å². The minimum atomic E-state index is -0.408. The zero-order valence-electron chi connectivity index (χ0n) is 13.0. The molecule has 7 heteroatoms. The summed E-state index contributed by atoms with van der Waals surface area (Å²) in [6, 6.07) is 6.81. The minimum absolute atomic E-state index is 0.256. The Hall–Kier alpha value is -2.96. The van der Waals surface area contributed by atoms with E-state index in [2.05, 4.69) is 15.0 Å². The molecule has 0 bridgehead atoms. The number of carbonyl (C=O) groups excluding carboxylic acids is 1. The van der Waals surface area contributed by atoms with E-state index in [1.807, 2.05) is 6.92 Å². The number of nitrogens with zero attached hydrogens (tertiary/aromatic N) is 3. The average Bonchev–Trinajstić information content (AvgIpc) is 2.97. The number of ether oxygens (including phenoxy) is 1. The molecule has 3 rings (SSSR count). The number of aromatic nitrogens is 3. The zero-order chi connectivity index (χ0) is 16.6. The van der Waals surface area contributed by atoms with E-state index in [0.29, 0.717) is 28.9 Å². The van der Waals surface area contributed by atoms with Crippen LogP contribution in [0.4, 0.5) is 0 Å². The lowest BCUT2D eigenvalue weighted by atomic mass is 10.1. The molecule has 2 heterocycles. The summed E-state index contributed by atoms with van der Waals surface area (Å²) in [6.07, 6.45) is 0. The molecule has 0 radical (unpaired) electrons. The highest BCUT2D eigenvalue weighted by atomic mass is 16.5. The van der Waals surface area contributed by atoms with Crippen molar-refractivity contribution in [3.63, 3.8) is 0 Å². The summed E-state index contributed by atoms with van der Waals surface area (Å²) in [5.41, 5.74) is 1.77. The van der Waals surface area contributed by atoms with E-state index in [9.17, 15) is 9.59 Å². The van der Waals surface area contributed by atoms with Gasteiger partial charge < -0.3 is 9.26 Å². The molecule has 2 aromatic heterocycles. The molecule has 7 nitrogen and oxygen atoms in total. The van der Waals surface area contributed by atoms with Gasteiger partial charge >= 0.3 is 5.97 Å². The molecule has 0 amide bonds. The first kappa shape index (κ1) is 15.0. The summed E-state index contributed by atoms with van der Waals surface area (Å²) in [4.78, 5) is 23.8. The molecule has 0 atom stereocenters. The van der Waals surface area contributed by atoms with Crippen LogP contribution in [-0.2, 0) is 11.3 Å². The fourth-order valence-electron chi connectivity index (χ4n) is 2.43. The monoisotopic (exact) mass is 313 g/mol. The maximum absolute atomic E-state index is 12.3. The Morgan fingerprint density at radius 3 is 2.61 bits per heavy atom. The van der Waals surface area contributed by atoms with Crippen molar-refractivity contribution in [2.45, 2.75) is 20.4 Å². The van der Waals surface area contributed by atoms with E-state index in [1.165, 1.54) is 11.8 Å². The van der Waals surface area contributed by atoms with E-state index >= 15 is 0 Å². The molecular formula is C16H15N3O4.